The van der Waals surface area contributed by atoms with Gasteiger partial charge in [0.15, 0.2) is 11.5 Å². The summed E-state index contributed by atoms with van der Waals surface area (Å²) < 4.78 is 44.8. The van der Waals surface area contributed by atoms with Gasteiger partial charge in [0.05, 0.1) is 20.0 Å². The standard InChI is InChI=1S/C14H16FNO4S/c1-19-12-5-4-11(10-13(12)20-2)14(6-3-8-16-14)7-9-21(15,17)18/h3-6,8,10H,7,9H2,1-2H3. The molecule has 1 heterocycles. The zero-order valence-electron chi connectivity index (χ0n) is 11.7. The molecule has 21 heavy (non-hydrogen) atoms. The Morgan fingerprint density at radius 1 is 1.24 bits per heavy atom. The van der Waals surface area contributed by atoms with Crippen LogP contribution in [0.15, 0.2) is 35.3 Å². The van der Waals surface area contributed by atoms with E-state index >= 15 is 0 Å². The van der Waals surface area contributed by atoms with E-state index in [4.69, 9.17) is 9.47 Å². The molecule has 0 saturated carbocycles. The minimum atomic E-state index is -4.55. The van der Waals surface area contributed by atoms with Crippen LogP contribution in [-0.4, -0.2) is 34.6 Å². The van der Waals surface area contributed by atoms with Crippen LogP contribution in [0, 0.1) is 0 Å². The summed E-state index contributed by atoms with van der Waals surface area (Å²) in [6, 6.07) is 5.19. The first-order valence-corrected chi connectivity index (χ1v) is 7.83. The average Bonchev–Trinajstić information content (AvgIpc) is 2.94. The second kappa shape index (κ2) is 5.85. The van der Waals surface area contributed by atoms with Crippen LogP contribution in [0.5, 0.6) is 11.5 Å². The summed E-state index contributed by atoms with van der Waals surface area (Å²) in [6.07, 6.45) is 5.05. The Bertz CT molecular complexity index is 670. The number of halogens is 1. The second-order valence-electron chi connectivity index (χ2n) is 4.62. The van der Waals surface area contributed by atoms with Gasteiger partial charge in [-0.3, -0.25) is 4.99 Å². The number of benzene rings is 1. The van der Waals surface area contributed by atoms with Gasteiger partial charge >= 0.3 is 10.2 Å². The number of allylic oxidation sites excluding steroid dienone is 1. The molecule has 0 N–H and O–H groups in total. The van der Waals surface area contributed by atoms with Crippen molar-refractivity contribution >= 4 is 16.4 Å². The molecule has 7 heteroatoms. The molecule has 5 nitrogen and oxygen atoms in total. The number of rotatable bonds is 6. The lowest BCUT2D eigenvalue weighted by Crippen LogP contribution is -2.22. The molecule has 1 aliphatic heterocycles. The Kier molecular flexibility index (Phi) is 4.32. The molecule has 1 aliphatic rings. The first-order chi connectivity index (χ1) is 9.90. The van der Waals surface area contributed by atoms with E-state index in [1.807, 2.05) is 0 Å². The van der Waals surface area contributed by atoms with Crippen LogP contribution in [0.3, 0.4) is 0 Å². The summed E-state index contributed by atoms with van der Waals surface area (Å²) in [5.41, 5.74) is -0.174. The maximum atomic E-state index is 12.8. The van der Waals surface area contributed by atoms with Gasteiger partial charge in [0, 0.05) is 6.21 Å². The van der Waals surface area contributed by atoms with Crippen molar-refractivity contribution in [2.75, 3.05) is 20.0 Å². The van der Waals surface area contributed by atoms with E-state index in [1.54, 1.807) is 36.6 Å². The smallest absolute Gasteiger partial charge is 0.302 e. The van der Waals surface area contributed by atoms with Gasteiger partial charge in [0.25, 0.3) is 0 Å². The van der Waals surface area contributed by atoms with Crippen LogP contribution < -0.4 is 9.47 Å². The lowest BCUT2D eigenvalue weighted by Gasteiger charge is -2.25. The molecule has 0 saturated heterocycles. The highest BCUT2D eigenvalue weighted by Gasteiger charge is 2.32. The topological polar surface area (TPSA) is 65.0 Å². The Morgan fingerprint density at radius 2 is 1.95 bits per heavy atom. The first-order valence-electron chi connectivity index (χ1n) is 6.28. The number of hydrogen-bond donors (Lipinski definition) is 0. The molecule has 1 unspecified atom stereocenters. The molecule has 1 aromatic rings. The zero-order valence-corrected chi connectivity index (χ0v) is 12.6. The molecule has 0 spiro atoms. The van der Waals surface area contributed by atoms with Gasteiger partial charge in [0.1, 0.15) is 5.54 Å². The van der Waals surface area contributed by atoms with Crippen molar-refractivity contribution in [1.29, 1.82) is 0 Å². The maximum Gasteiger partial charge on any atom is 0.302 e. The fraction of sp³-hybridized carbons (Fsp3) is 0.357. The second-order valence-corrected chi connectivity index (χ2v) is 6.11. The van der Waals surface area contributed by atoms with E-state index in [-0.39, 0.29) is 6.42 Å². The summed E-state index contributed by atoms with van der Waals surface area (Å²) >= 11 is 0. The molecule has 114 valence electrons. The predicted octanol–water partition coefficient (Wildman–Crippen LogP) is 2.23. The number of aliphatic imine (C=N–C) groups is 1. The summed E-state index contributed by atoms with van der Waals surface area (Å²) in [7, 11) is -1.52. The largest absolute Gasteiger partial charge is 0.493 e. The minimum absolute atomic E-state index is 0.0221. The van der Waals surface area contributed by atoms with Crippen LogP contribution in [0.25, 0.3) is 0 Å². The lowest BCUT2D eigenvalue weighted by atomic mass is 9.88. The summed E-state index contributed by atoms with van der Waals surface area (Å²) in [4.78, 5) is 4.31. The van der Waals surface area contributed by atoms with Crippen molar-refractivity contribution in [3.63, 3.8) is 0 Å². The minimum Gasteiger partial charge on any atom is -0.493 e. The van der Waals surface area contributed by atoms with Crippen molar-refractivity contribution in [2.24, 2.45) is 4.99 Å². The van der Waals surface area contributed by atoms with E-state index in [0.717, 1.165) is 0 Å². The van der Waals surface area contributed by atoms with Crippen molar-refractivity contribution in [3.8, 4) is 11.5 Å². The molecule has 1 aromatic carbocycles. The number of ether oxygens (including phenoxy) is 2. The lowest BCUT2D eigenvalue weighted by molar-refractivity contribution is 0.353. The highest BCUT2D eigenvalue weighted by molar-refractivity contribution is 7.86. The Labute approximate surface area is 123 Å². The van der Waals surface area contributed by atoms with Gasteiger partial charge < -0.3 is 9.47 Å². The van der Waals surface area contributed by atoms with Gasteiger partial charge in [-0.2, -0.15) is 8.42 Å². The SMILES string of the molecule is COc1ccc(C2(CCS(=O)(=O)F)C=CC=N2)cc1OC. The fourth-order valence-electron chi connectivity index (χ4n) is 2.27. The molecular formula is C14H16FNO4S. The van der Waals surface area contributed by atoms with Crippen LogP contribution in [0.4, 0.5) is 3.89 Å². The van der Waals surface area contributed by atoms with E-state index in [1.165, 1.54) is 14.2 Å². The van der Waals surface area contributed by atoms with Gasteiger partial charge in [-0.25, -0.2) is 0 Å². The van der Waals surface area contributed by atoms with Crippen molar-refractivity contribution in [1.82, 2.24) is 0 Å². The third-order valence-corrected chi connectivity index (χ3v) is 4.07. The van der Waals surface area contributed by atoms with E-state index in [2.05, 4.69) is 4.99 Å². The molecule has 2 rings (SSSR count). The van der Waals surface area contributed by atoms with E-state index in [9.17, 15) is 12.3 Å². The molecule has 1 atom stereocenters. The molecule has 0 aliphatic carbocycles. The monoisotopic (exact) mass is 313 g/mol. The highest BCUT2D eigenvalue weighted by Crippen LogP contribution is 2.38. The Morgan fingerprint density at radius 3 is 2.48 bits per heavy atom. The highest BCUT2D eigenvalue weighted by atomic mass is 32.3. The van der Waals surface area contributed by atoms with E-state index < -0.39 is 21.5 Å². The van der Waals surface area contributed by atoms with Crippen LogP contribution in [0.2, 0.25) is 0 Å². The van der Waals surface area contributed by atoms with Crippen LogP contribution in [-0.2, 0) is 15.8 Å². The molecule has 0 fully saturated rings. The van der Waals surface area contributed by atoms with Crippen LogP contribution >= 0.6 is 0 Å². The zero-order chi connectivity index (χ0) is 15.5. The third-order valence-electron chi connectivity index (χ3n) is 3.37. The number of methoxy groups -OCH3 is 2. The first kappa shape index (κ1) is 15.5. The van der Waals surface area contributed by atoms with Gasteiger partial charge in [-0.05, 0) is 30.2 Å². The third kappa shape index (κ3) is 3.41. The number of nitrogens with zero attached hydrogens (tertiary/aromatic N) is 1. The normalized spacial score (nSPS) is 20.7. The molecule has 0 amide bonds. The van der Waals surface area contributed by atoms with Crippen molar-refractivity contribution in [3.05, 3.63) is 35.9 Å². The Balaban J connectivity index is 2.39. The van der Waals surface area contributed by atoms with Crippen molar-refractivity contribution < 1.29 is 21.8 Å². The molecular weight excluding hydrogens is 297 g/mol. The average molecular weight is 313 g/mol. The van der Waals surface area contributed by atoms with Gasteiger partial charge in [-0.15, -0.1) is 3.89 Å². The molecule has 0 aromatic heterocycles. The van der Waals surface area contributed by atoms with Crippen LogP contribution in [0.1, 0.15) is 12.0 Å². The van der Waals surface area contributed by atoms with E-state index in [0.29, 0.717) is 17.1 Å². The maximum absolute atomic E-state index is 12.8. The molecule has 0 radical (unpaired) electrons. The summed E-state index contributed by atoms with van der Waals surface area (Å²) in [5.74, 6) is 0.469. The summed E-state index contributed by atoms with van der Waals surface area (Å²) in [5, 5.41) is 0. The quantitative estimate of drug-likeness (QED) is 0.755. The fourth-order valence-corrected chi connectivity index (χ4v) is 2.82. The van der Waals surface area contributed by atoms with Crippen molar-refractivity contribution in [2.45, 2.75) is 12.0 Å². The van der Waals surface area contributed by atoms with Gasteiger partial charge in [0.2, 0.25) is 0 Å². The number of hydrogen-bond acceptors (Lipinski definition) is 5. The molecule has 0 bridgehead atoms. The van der Waals surface area contributed by atoms with Gasteiger partial charge in [-0.1, -0.05) is 12.1 Å². The Hall–Kier alpha value is -1.89. The predicted molar refractivity (Wildman–Crippen MR) is 78.4 cm³/mol. The summed E-state index contributed by atoms with van der Waals surface area (Å²) in [6.45, 7) is 0.